The van der Waals surface area contributed by atoms with Crippen LogP contribution in [0.5, 0.6) is 0 Å². The number of hydrogen-bond donors (Lipinski definition) is 0. The molecular weight excluding hydrogens is 152 g/mol. The van der Waals surface area contributed by atoms with Gasteiger partial charge in [-0.25, -0.2) is 0 Å². The molecule has 2 nitrogen and oxygen atoms in total. The van der Waals surface area contributed by atoms with Crippen LogP contribution in [0.1, 0.15) is 11.7 Å². The van der Waals surface area contributed by atoms with E-state index in [0.717, 1.165) is 0 Å². The van der Waals surface area contributed by atoms with E-state index in [1.54, 1.807) is 24.3 Å². The monoisotopic (exact) mass is 160 g/mol. The molecule has 11 heavy (non-hydrogen) atoms. The van der Waals surface area contributed by atoms with E-state index in [1.165, 1.54) is 0 Å². The van der Waals surface area contributed by atoms with Gasteiger partial charge in [-0.1, -0.05) is 35.9 Å². The molecule has 0 spiro atoms. The van der Waals surface area contributed by atoms with Gasteiger partial charge in [0.05, 0.1) is 0 Å². The van der Waals surface area contributed by atoms with Crippen molar-refractivity contribution in [3.8, 4) is 0 Å². The fourth-order valence-electron chi connectivity index (χ4n) is 0.764. The minimum Gasteiger partial charge on any atom is -0.855 e. The zero-order valence-electron chi connectivity index (χ0n) is 6.19. The summed E-state index contributed by atoms with van der Waals surface area (Å²) >= 11 is 0. The van der Waals surface area contributed by atoms with Crippen molar-refractivity contribution in [1.82, 2.24) is 0 Å². The minimum atomic E-state index is -1.10. The van der Waals surface area contributed by atoms with Crippen molar-refractivity contribution in [3.05, 3.63) is 35.9 Å². The first-order valence-corrected chi connectivity index (χ1v) is 3.13. The van der Waals surface area contributed by atoms with E-state index in [4.69, 9.17) is 0 Å². The fraction of sp³-hybridized carbons (Fsp3) is 0.250. The second kappa shape index (κ2) is 5.54. The van der Waals surface area contributed by atoms with E-state index in [2.05, 4.69) is 0 Å². The Hall–Kier alpha value is -0.0938. The SMILES string of the molecule is [Mg+2].[O-]CC([O-])c1ccccc1. The van der Waals surface area contributed by atoms with Crippen LogP contribution in [0.2, 0.25) is 0 Å². The van der Waals surface area contributed by atoms with Crippen LogP contribution in [-0.2, 0) is 0 Å². The molecule has 0 aliphatic carbocycles. The van der Waals surface area contributed by atoms with Gasteiger partial charge < -0.3 is 10.2 Å². The van der Waals surface area contributed by atoms with Crippen LogP contribution in [0.4, 0.5) is 0 Å². The zero-order valence-corrected chi connectivity index (χ0v) is 7.61. The molecule has 0 radical (unpaired) electrons. The van der Waals surface area contributed by atoms with Gasteiger partial charge in [-0.05, 0) is 0 Å². The molecule has 1 rings (SSSR count). The molecule has 1 unspecified atom stereocenters. The van der Waals surface area contributed by atoms with E-state index >= 15 is 0 Å². The summed E-state index contributed by atoms with van der Waals surface area (Å²) in [5, 5.41) is 20.9. The van der Waals surface area contributed by atoms with Crippen LogP contribution >= 0.6 is 0 Å². The van der Waals surface area contributed by atoms with Gasteiger partial charge in [0, 0.05) is 0 Å². The van der Waals surface area contributed by atoms with Gasteiger partial charge in [0.25, 0.3) is 0 Å². The summed E-state index contributed by atoms with van der Waals surface area (Å²) < 4.78 is 0. The number of benzene rings is 1. The van der Waals surface area contributed by atoms with E-state index in [0.29, 0.717) is 5.56 Å². The third-order valence-electron chi connectivity index (χ3n) is 1.32. The van der Waals surface area contributed by atoms with Crippen molar-refractivity contribution in [2.45, 2.75) is 6.10 Å². The standard InChI is InChI=1S/C8H8O2.Mg/c9-6-8(10)7-4-2-1-3-5-7;/h1-5,8H,6H2;/q-2;+2. The van der Waals surface area contributed by atoms with Crippen LogP contribution in [0, 0.1) is 0 Å². The van der Waals surface area contributed by atoms with Gasteiger partial charge in [0.15, 0.2) is 0 Å². The largest absolute Gasteiger partial charge is 2.00 e. The maximum atomic E-state index is 10.8. The van der Waals surface area contributed by atoms with Crippen molar-refractivity contribution in [2.75, 3.05) is 6.61 Å². The van der Waals surface area contributed by atoms with Crippen molar-refractivity contribution in [3.63, 3.8) is 0 Å². The van der Waals surface area contributed by atoms with Crippen molar-refractivity contribution >= 4 is 23.1 Å². The minimum absolute atomic E-state index is 0. The predicted octanol–water partition coefficient (Wildman–Crippen LogP) is -0.932. The Morgan fingerprint density at radius 1 is 1.18 bits per heavy atom. The summed E-state index contributed by atoms with van der Waals surface area (Å²) in [7, 11) is 0. The van der Waals surface area contributed by atoms with Crippen LogP contribution < -0.4 is 10.2 Å². The average Bonchev–Trinajstić information content (AvgIpc) is 2.05. The van der Waals surface area contributed by atoms with E-state index in [1.807, 2.05) is 6.07 Å². The summed E-state index contributed by atoms with van der Waals surface area (Å²) in [6.45, 7) is -0.579. The van der Waals surface area contributed by atoms with Crippen LogP contribution in [0.15, 0.2) is 30.3 Å². The van der Waals surface area contributed by atoms with Gasteiger partial charge in [0.1, 0.15) is 0 Å². The maximum Gasteiger partial charge on any atom is 2.00 e. The first-order valence-electron chi connectivity index (χ1n) is 3.13. The van der Waals surface area contributed by atoms with Crippen molar-refractivity contribution in [2.24, 2.45) is 0 Å². The molecule has 54 valence electrons. The smallest absolute Gasteiger partial charge is 0.855 e. The molecule has 0 fully saturated rings. The Labute approximate surface area is 82.0 Å². The Morgan fingerprint density at radius 2 is 1.73 bits per heavy atom. The molecule has 1 atom stereocenters. The second-order valence-corrected chi connectivity index (χ2v) is 2.07. The van der Waals surface area contributed by atoms with E-state index < -0.39 is 12.7 Å². The Kier molecular flexibility index (Phi) is 5.50. The molecule has 0 aliphatic heterocycles. The molecule has 0 heterocycles. The quantitative estimate of drug-likeness (QED) is 0.525. The maximum absolute atomic E-state index is 10.8. The van der Waals surface area contributed by atoms with Crippen LogP contribution in [-0.4, -0.2) is 29.7 Å². The number of hydrogen-bond acceptors (Lipinski definition) is 2. The third-order valence-corrected chi connectivity index (χ3v) is 1.32. The molecule has 1 aromatic rings. The first kappa shape index (κ1) is 10.9. The first-order chi connectivity index (χ1) is 4.84. The predicted molar refractivity (Wildman–Crippen MR) is 39.8 cm³/mol. The molecule has 0 bridgehead atoms. The molecule has 0 saturated carbocycles. The zero-order chi connectivity index (χ0) is 7.40. The molecule has 3 heteroatoms. The summed E-state index contributed by atoms with van der Waals surface area (Å²) in [5.74, 6) is 0. The van der Waals surface area contributed by atoms with Crippen LogP contribution in [0.3, 0.4) is 0 Å². The van der Waals surface area contributed by atoms with E-state index in [9.17, 15) is 10.2 Å². The summed E-state index contributed by atoms with van der Waals surface area (Å²) in [6.07, 6.45) is -1.10. The normalized spacial score (nSPS) is 11.8. The van der Waals surface area contributed by atoms with Crippen LogP contribution in [0.25, 0.3) is 0 Å². The summed E-state index contributed by atoms with van der Waals surface area (Å²) in [5.41, 5.74) is 0.581. The van der Waals surface area contributed by atoms with Gasteiger partial charge in [-0.2, -0.15) is 0 Å². The third kappa shape index (κ3) is 3.20. The Morgan fingerprint density at radius 3 is 2.18 bits per heavy atom. The molecular formula is C8H8MgO2. The van der Waals surface area contributed by atoms with Crippen molar-refractivity contribution in [1.29, 1.82) is 0 Å². The molecule has 0 aromatic heterocycles. The fourth-order valence-corrected chi connectivity index (χ4v) is 0.764. The Balaban J connectivity index is 0.000001000. The van der Waals surface area contributed by atoms with Gasteiger partial charge in [-0.3, -0.25) is 0 Å². The topological polar surface area (TPSA) is 46.1 Å². The van der Waals surface area contributed by atoms with Gasteiger partial charge >= 0.3 is 23.1 Å². The van der Waals surface area contributed by atoms with Gasteiger partial charge in [0.2, 0.25) is 0 Å². The summed E-state index contributed by atoms with van der Waals surface area (Å²) in [6, 6.07) is 8.69. The molecule has 0 aliphatic rings. The van der Waals surface area contributed by atoms with E-state index in [-0.39, 0.29) is 23.1 Å². The molecule has 0 N–H and O–H groups in total. The molecule has 0 saturated heterocycles. The summed E-state index contributed by atoms with van der Waals surface area (Å²) in [4.78, 5) is 0. The second-order valence-electron chi connectivity index (χ2n) is 2.07. The Bertz CT molecular complexity index is 189. The number of rotatable bonds is 2. The van der Waals surface area contributed by atoms with Crippen molar-refractivity contribution < 1.29 is 10.2 Å². The average molecular weight is 160 g/mol. The molecule has 0 amide bonds. The van der Waals surface area contributed by atoms with Gasteiger partial charge in [-0.15, -0.1) is 12.7 Å². The molecule has 1 aromatic carbocycles.